The molecule has 2 aliphatic rings. The van der Waals surface area contributed by atoms with Gasteiger partial charge >= 0.3 is 0 Å². The Labute approximate surface area is 179 Å². The number of piperidine rings is 1. The molecule has 0 atom stereocenters. The van der Waals surface area contributed by atoms with Gasteiger partial charge in [0, 0.05) is 64.4 Å². The number of hydrogen-bond acceptors (Lipinski definition) is 6. The zero-order valence-corrected chi connectivity index (χ0v) is 19.5. The summed E-state index contributed by atoms with van der Waals surface area (Å²) in [6, 6.07) is 0.272. The number of likely N-dealkylation sites (N-methyl/N-ethyl adjacent to an activating group) is 1. The zero-order valence-electron chi connectivity index (χ0n) is 17.9. The Bertz CT molecular complexity index is 642. The molecule has 2 saturated heterocycles. The van der Waals surface area contributed by atoms with Crippen molar-refractivity contribution in [1.29, 1.82) is 0 Å². The van der Waals surface area contributed by atoms with E-state index in [0.29, 0.717) is 25.6 Å². The van der Waals surface area contributed by atoms with E-state index >= 15 is 0 Å². The van der Waals surface area contributed by atoms with Crippen LogP contribution in [0.15, 0.2) is 4.99 Å². The molecule has 1 amide bonds. The van der Waals surface area contributed by atoms with Gasteiger partial charge in [-0.25, -0.2) is 12.7 Å². The van der Waals surface area contributed by atoms with Crippen molar-refractivity contribution < 1.29 is 13.2 Å². The molecular formula is C18H36N6O3S2. The standard InChI is InChI=1S/C18H36N6O3S2/c1-4-19-18(20-7-14-29(26,27)24-10-12-28-13-11-24)21-16-5-8-23(9-6-16)15-17(25)22(2)3/h16H,4-15H2,1-3H3,(H2,19,20,21). The number of thioether (sulfide) groups is 1. The van der Waals surface area contributed by atoms with E-state index in [9.17, 15) is 13.2 Å². The summed E-state index contributed by atoms with van der Waals surface area (Å²) in [7, 11) is 0.318. The highest BCUT2D eigenvalue weighted by Crippen LogP contribution is 2.13. The van der Waals surface area contributed by atoms with Crippen molar-refractivity contribution in [2.24, 2.45) is 4.99 Å². The molecule has 0 aromatic carbocycles. The van der Waals surface area contributed by atoms with Gasteiger partial charge < -0.3 is 15.5 Å². The number of likely N-dealkylation sites (tertiary alicyclic amines) is 1. The molecule has 0 unspecified atom stereocenters. The average molecular weight is 449 g/mol. The average Bonchev–Trinajstić information content (AvgIpc) is 2.70. The van der Waals surface area contributed by atoms with Crippen molar-refractivity contribution in [3.63, 3.8) is 0 Å². The minimum atomic E-state index is -3.24. The Morgan fingerprint density at radius 3 is 2.41 bits per heavy atom. The van der Waals surface area contributed by atoms with Crippen LogP contribution in [0.2, 0.25) is 0 Å². The molecular weight excluding hydrogens is 412 g/mol. The Hall–Kier alpha value is -1.04. The minimum absolute atomic E-state index is 0.0410. The molecule has 2 rings (SSSR count). The van der Waals surface area contributed by atoms with E-state index in [1.165, 1.54) is 0 Å². The van der Waals surface area contributed by atoms with Gasteiger partial charge in [0.1, 0.15) is 0 Å². The second-order valence-electron chi connectivity index (χ2n) is 7.57. The topological polar surface area (TPSA) is 97.3 Å². The van der Waals surface area contributed by atoms with E-state index in [2.05, 4.69) is 20.5 Å². The molecule has 9 nitrogen and oxygen atoms in total. The van der Waals surface area contributed by atoms with Gasteiger partial charge in [-0.2, -0.15) is 11.8 Å². The number of guanidine groups is 1. The Morgan fingerprint density at radius 2 is 1.83 bits per heavy atom. The molecule has 0 aliphatic carbocycles. The lowest BCUT2D eigenvalue weighted by molar-refractivity contribution is -0.130. The molecule has 0 aromatic rings. The first-order valence-corrected chi connectivity index (χ1v) is 13.1. The van der Waals surface area contributed by atoms with Crippen LogP contribution < -0.4 is 10.6 Å². The number of amides is 1. The van der Waals surface area contributed by atoms with E-state index in [1.54, 1.807) is 35.1 Å². The first-order chi connectivity index (χ1) is 13.8. The fraction of sp³-hybridized carbons (Fsp3) is 0.889. The van der Waals surface area contributed by atoms with Gasteiger partial charge in [0.15, 0.2) is 5.96 Å². The number of sulfonamides is 1. The highest BCUT2D eigenvalue weighted by atomic mass is 32.2. The summed E-state index contributed by atoms with van der Waals surface area (Å²) in [5.41, 5.74) is 0. The lowest BCUT2D eigenvalue weighted by Gasteiger charge is -2.33. The molecule has 0 aromatic heterocycles. The summed E-state index contributed by atoms with van der Waals surface area (Å²) in [6.45, 7) is 6.34. The number of hydrogen-bond donors (Lipinski definition) is 2. The second-order valence-corrected chi connectivity index (χ2v) is 10.9. The van der Waals surface area contributed by atoms with Crippen molar-refractivity contribution in [1.82, 2.24) is 24.7 Å². The van der Waals surface area contributed by atoms with Crippen LogP contribution in [-0.2, 0) is 14.8 Å². The van der Waals surface area contributed by atoms with Gasteiger partial charge in [-0.15, -0.1) is 0 Å². The third kappa shape index (κ3) is 8.31. The first-order valence-electron chi connectivity index (χ1n) is 10.3. The van der Waals surface area contributed by atoms with Gasteiger partial charge in [-0.05, 0) is 19.8 Å². The molecule has 0 radical (unpaired) electrons. The maximum atomic E-state index is 12.5. The van der Waals surface area contributed by atoms with Crippen LogP contribution in [-0.4, -0.2) is 118 Å². The van der Waals surface area contributed by atoms with Gasteiger partial charge in [-0.1, -0.05) is 0 Å². The maximum Gasteiger partial charge on any atom is 0.236 e. The Kier molecular flexibility index (Phi) is 10.0. The van der Waals surface area contributed by atoms with Crippen LogP contribution in [0.1, 0.15) is 19.8 Å². The summed E-state index contributed by atoms with van der Waals surface area (Å²) in [5.74, 6) is 2.57. The molecule has 0 spiro atoms. The number of carbonyl (C=O) groups excluding carboxylic acids is 1. The maximum absolute atomic E-state index is 12.5. The minimum Gasteiger partial charge on any atom is -0.357 e. The molecule has 2 heterocycles. The van der Waals surface area contributed by atoms with Gasteiger partial charge in [0.25, 0.3) is 0 Å². The fourth-order valence-electron chi connectivity index (χ4n) is 3.31. The second kappa shape index (κ2) is 12.0. The third-order valence-corrected chi connectivity index (χ3v) is 7.91. The van der Waals surface area contributed by atoms with E-state index in [-0.39, 0.29) is 24.2 Å². The van der Waals surface area contributed by atoms with Gasteiger partial charge in [-0.3, -0.25) is 14.7 Å². The Balaban J connectivity index is 1.79. The number of rotatable bonds is 8. The molecule has 29 heavy (non-hydrogen) atoms. The van der Waals surface area contributed by atoms with E-state index in [1.807, 2.05) is 6.92 Å². The molecule has 2 N–H and O–H groups in total. The van der Waals surface area contributed by atoms with Crippen LogP contribution >= 0.6 is 11.8 Å². The van der Waals surface area contributed by atoms with Crippen molar-refractivity contribution in [2.45, 2.75) is 25.8 Å². The lowest BCUT2D eigenvalue weighted by Crippen LogP contribution is -2.50. The van der Waals surface area contributed by atoms with Crippen LogP contribution in [0.3, 0.4) is 0 Å². The van der Waals surface area contributed by atoms with Crippen molar-refractivity contribution in [2.75, 3.05) is 77.2 Å². The summed E-state index contributed by atoms with van der Waals surface area (Å²) in [5, 5.41) is 6.63. The lowest BCUT2D eigenvalue weighted by atomic mass is 10.1. The molecule has 2 fully saturated rings. The number of nitrogens with zero attached hydrogens (tertiary/aromatic N) is 4. The quantitative estimate of drug-likeness (QED) is 0.381. The molecule has 11 heteroatoms. The smallest absolute Gasteiger partial charge is 0.236 e. The Morgan fingerprint density at radius 1 is 1.17 bits per heavy atom. The number of nitrogens with one attached hydrogen (secondary N) is 2. The number of aliphatic imine (C=N–C) groups is 1. The summed E-state index contributed by atoms with van der Waals surface area (Å²) >= 11 is 1.80. The van der Waals surface area contributed by atoms with Crippen LogP contribution in [0.4, 0.5) is 0 Å². The summed E-state index contributed by atoms with van der Waals surface area (Å²) in [6.07, 6.45) is 1.85. The molecule has 168 valence electrons. The van der Waals surface area contributed by atoms with Crippen LogP contribution in [0.25, 0.3) is 0 Å². The summed E-state index contributed by atoms with van der Waals surface area (Å²) in [4.78, 5) is 20.1. The van der Waals surface area contributed by atoms with E-state index < -0.39 is 10.0 Å². The third-order valence-electron chi connectivity index (χ3n) is 5.11. The van der Waals surface area contributed by atoms with Gasteiger partial charge in [0.05, 0.1) is 18.8 Å². The van der Waals surface area contributed by atoms with Crippen LogP contribution in [0, 0.1) is 0 Å². The highest BCUT2D eigenvalue weighted by Gasteiger charge is 2.24. The van der Waals surface area contributed by atoms with E-state index in [4.69, 9.17) is 0 Å². The largest absolute Gasteiger partial charge is 0.357 e. The van der Waals surface area contributed by atoms with E-state index in [0.717, 1.165) is 44.0 Å². The predicted molar refractivity (Wildman–Crippen MR) is 120 cm³/mol. The first kappa shape index (κ1) is 24.2. The summed E-state index contributed by atoms with van der Waals surface area (Å²) < 4.78 is 26.5. The highest BCUT2D eigenvalue weighted by molar-refractivity contribution is 7.99. The molecule has 0 saturated carbocycles. The molecule has 0 bridgehead atoms. The monoisotopic (exact) mass is 448 g/mol. The SMILES string of the molecule is CCNC(=NCCS(=O)(=O)N1CCSCC1)NC1CCN(CC(=O)N(C)C)CC1. The fourth-order valence-corrected chi connectivity index (χ4v) is 5.76. The number of carbonyl (C=O) groups is 1. The van der Waals surface area contributed by atoms with Crippen molar-refractivity contribution in [3.8, 4) is 0 Å². The van der Waals surface area contributed by atoms with Gasteiger partial charge in [0.2, 0.25) is 15.9 Å². The normalized spacial score (nSPS) is 20.4. The zero-order chi connectivity index (χ0) is 21.3. The van der Waals surface area contributed by atoms with Crippen molar-refractivity contribution >= 4 is 33.7 Å². The van der Waals surface area contributed by atoms with Crippen LogP contribution in [0.5, 0.6) is 0 Å². The molecule has 2 aliphatic heterocycles. The van der Waals surface area contributed by atoms with Crippen molar-refractivity contribution in [3.05, 3.63) is 0 Å². The predicted octanol–water partition coefficient (Wildman–Crippen LogP) is -0.527.